The van der Waals surface area contributed by atoms with Crippen LogP contribution >= 0.6 is 0 Å². The Morgan fingerprint density at radius 3 is 2.46 bits per heavy atom. The first-order valence-electron chi connectivity index (χ1n) is 4.50. The average Bonchev–Trinajstić information content (AvgIpc) is 1.98. The minimum absolute atomic E-state index is 0. The van der Waals surface area contributed by atoms with Gasteiger partial charge in [-0.3, -0.25) is 0 Å². The van der Waals surface area contributed by atoms with Crippen molar-refractivity contribution in [3.05, 3.63) is 0 Å². The van der Waals surface area contributed by atoms with Crippen LogP contribution in [-0.4, -0.2) is 12.1 Å². The van der Waals surface area contributed by atoms with Crippen LogP contribution in [0.2, 0.25) is 0 Å². The predicted octanol–water partition coefficient (Wildman–Crippen LogP) is -1.56. The van der Waals surface area contributed by atoms with Crippen molar-refractivity contribution in [3.8, 4) is 0 Å². The standard InChI is InChI=1S/C9H17FO2.K/c1-2-5-8(10)6-3-4-7-9(11)12;/h8H,2-7H2,1H3,(H,11,12);/q;+1/p-1. The maximum absolute atomic E-state index is 12.8. The maximum atomic E-state index is 12.8. The SMILES string of the molecule is CCCC(F)CCCCC(=O)[O-].[K+]. The molecule has 0 saturated carbocycles. The number of carbonyl (C=O) groups is 1. The second kappa shape index (κ2) is 11.1. The van der Waals surface area contributed by atoms with Crippen molar-refractivity contribution in [2.75, 3.05) is 0 Å². The molecule has 13 heavy (non-hydrogen) atoms. The largest absolute Gasteiger partial charge is 1.00 e. The maximum Gasteiger partial charge on any atom is 1.00 e. The van der Waals surface area contributed by atoms with Crippen LogP contribution in [0.25, 0.3) is 0 Å². The van der Waals surface area contributed by atoms with Gasteiger partial charge in [-0.2, -0.15) is 0 Å². The number of unbranched alkanes of at least 4 members (excludes halogenated alkanes) is 1. The first-order chi connectivity index (χ1) is 5.66. The Labute approximate surface area is 122 Å². The summed E-state index contributed by atoms with van der Waals surface area (Å²) < 4.78 is 12.8. The summed E-state index contributed by atoms with van der Waals surface area (Å²) >= 11 is 0. The number of alkyl halides is 1. The molecule has 0 aliphatic carbocycles. The molecule has 1 unspecified atom stereocenters. The van der Waals surface area contributed by atoms with E-state index in [9.17, 15) is 14.3 Å². The number of carbonyl (C=O) groups excluding carboxylic acids is 1. The zero-order valence-corrected chi connectivity index (χ0v) is 11.6. The molecule has 0 aromatic rings. The summed E-state index contributed by atoms with van der Waals surface area (Å²) in [5.41, 5.74) is 0. The molecule has 0 aromatic heterocycles. The van der Waals surface area contributed by atoms with Crippen LogP contribution in [0, 0.1) is 0 Å². The van der Waals surface area contributed by atoms with Gasteiger partial charge in [-0.15, -0.1) is 0 Å². The average molecular weight is 214 g/mol. The van der Waals surface area contributed by atoms with Gasteiger partial charge < -0.3 is 9.90 Å². The molecule has 0 aromatic carbocycles. The third kappa shape index (κ3) is 13.0. The third-order valence-corrected chi connectivity index (χ3v) is 1.75. The molecule has 72 valence electrons. The zero-order valence-electron chi connectivity index (χ0n) is 8.51. The summed E-state index contributed by atoms with van der Waals surface area (Å²) in [6.45, 7) is 1.94. The Bertz CT molecular complexity index is 131. The Balaban J connectivity index is 0. The van der Waals surface area contributed by atoms with Crippen molar-refractivity contribution < 1.29 is 65.7 Å². The van der Waals surface area contributed by atoms with E-state index < -0.39 is 12.1 Å². The van der Waals surface area contributed by atoms with E-state index in [-0.39, 0.29) is 57.8 Å². The van der Waals surface area contributed by atoms with Crippen LogP contribution in [0.5, 0.6) is 0 Å². The fourth-order valence-electron chi connectivity index (χ4n) is 1.09. The number of rotatable bonds is 7. The van der Waals surface area contributed by atoms with E-state index in [1.165, 1.54) is 0 Å². The van der Waals surface area contributed by atoms with E-state index in [1.807, 2.05) is 6.92 Å². The molecule has 0 saturated heterocycles. The van der Waals surface area contributed by atoms with Crippen molar-refractivity contribution in [1.29, 1.82) is 0 Å². The van der Waals surface area contributed by atoms with Crippen molar-refractivity contribution in [3.63, 3.8) is 0 Å². The molecule has 0 fully saturated rings. The van der Waals surface area contributed by atoms with Gasteiger partial charge in [-0.25, -0.2) is 4.39 Å². The van der Waals surface area contributed by atoms with Gasteiger partial charge in [0.15, 0.2) is 0 Å². The topological polar surface area (TPSA) is 40.1 Å². The fraction of sp³-hybridized carbons (Fsp3) is 0.889. The normalized spacial score (nSPS) is 11.8. The molecule has 2 nitrogen and oxygen atoms in total. The molecule has 0 aliphatic heterocycles. The van der Waals surface area contributed by atoms with E-state index in [1.54, 1.807) is 0 Å². The number of hydrogen-bond acceptors (Lipinski definition) is 2. The van der Waals surface area contributed by atoms with Crippen molar-refractivity contribution in [1.82, 2.24) is 0 Å². The van der Waals surface area contributed by atoms with Gasteiger partial charge in [0.05, 0.1) is 0 Å². The van der Waals surface area contributed by atoms with Crippen LogP contribution in [0.15, 0.2) is 0 Å². The summed E-state index contributed by atoms with van der Waals surface area (Å²) in [5.74, 6) is -1.04. The van der Waals surface area contributed by atoms with Gasteiger partial charge in [0, 0.05) is 5.97 Å². The third-order valence-electron chi connectivity index (χ3n) is 1.75. The van der Waals surface area contributed by atoms with E-state index in [4.69, 9.17) is 0 Å². The van der Waals surface area contributed by atoms with Crippen LogP contribution in [-0.2, 0) is 4.79 Å². The Kier molecular flexibility index (Phi) is 14.1. The summed E-state index contributed by atoms with van der Waals surface area (Å²) in [4.78, 5) is 9.96. The molecular formula is C9H16FKO2. The first-order valence-corrected chi connectivity index (χ1v) is 4.50. The van der Waals surface area contributed by atoms with Crippen molar-refractivity contribution in [2.45, 2.75) is 51.6 Å². The molecule has 1 atom stereocenters. The first kappa shape index (κ1) is 16.5. The van der Waals surface area contributed by atoms with Gasteiger partial charge in [-0.1, -0.05) is 19.8 Å². The molecule has 0 N–H and O–H groups in total. The van der Waals surface area contributed by atoms with E-state index in [0.717, 1.165) is 6.42 Å². The van der Waals surface area contributed by atoms with Crippen LogP contribution in [0.1, 0.15) is 45.4 Å². The van der Waals surface area contributed by atoms with E-state index >= 15 is 0 Å². The number of carboxylic acid groups (broad SMARTS) is 1. The molecular weight excluding hydrogens is 198 g/mol. The van der Waals surface area contributed by atoms with Gasteiger partial charge in [-0.05, 0) is 25.7 Å². The molecule has 0 radical (unpaired) electrons. The molecule has 0 spiro atoms. The van der Waals surface area contributed by atoms with Crippen LogP contribution in [0.4, 0.5) is 4.39 Å². The molecule has 0 bridgehead atoms. The summed E-state index contributed by atoms with van der Waals surface area (Å²) in [7, 11) is 0. The van der Waals surface area contributed by atoms with Gasteiger partial charge in [0.1, 0.15) is 6.17 Å². The molecule has 0 rings (SSSR count). The molecule has 0 amide bonds. The molecule has 0 heterocycles. The summed E-state index contributed by atoms with van der Waals surface area (Å²) in [6.07, 6.45) is 2.41. The summed E-state index contributed by atoms with van der Waals surface area (Å²) in [6, 6.07) is 0. The molecule has 4 heteroatoms. The van der Waals surface area contributed by atoms with Gasteiger partial charge >= 0.3 is 51.4 Å². The van der Waals surface area contributed by atoms with E-state index in [0.29, 0.717) is 25.7 Å². The monoisotopic (exact) mass is 214 g/mol. The Morgan fingerprint density at radius 2 is 2.00 bits per heavy atom. The predicted molar refractivity (Wildman–Crippen MR) is 43.3 cm³/mol. The Morgan fingerprint density at radius 1 is 1.38 bits per heavy atom. The van der Waals surface area contributed by atoms with Crippen molar-refractivity contribution >= 4 is 5.97 Å². The van der Waals surface area contributed by atoms with Crippen LogP contribution in [0.3, 0.4) is 0 Å². The second-order valence-corrected chi connectivity index (χ2v) is 3.00. The smallest absolute Gasteiger partial charge is 0.550 e. The van der Waals surface area contributed by atoms with Gasteiger partial charge in [0.25, 0.3) is 0 Å². The number of hydrogen-bond donors (Lipinski definition) is 0. The zero-order chi connectivity index (χ0) is 9.40. The number of halogens is 1. The van der Waals surface area contributed by atoms with E-state index in [2.05, 4.69) is 0 Å². The minimum Gasteiger partial charge on any atom is -0.550 e. The summed E-state index contributed by atoms with van der Waals surface area (Å²) in [5, 5.41) is 9.96. The minimum atomic E-state index is -1.04. The number of aliphatic carboxylic acids is 1. The van der Waals surface area contributed by atoms with Crippen LogP contribution < -0.4 is 56.5 Å². The fourth-order valence-corrected chi connectivity index (χ4v) is 1.09. The quantitative estimate of drug-likeness (QED) is 0.380. The molecule has 0 aliphatic rings. The second-order valence-electron chi connectivity index (χ2n) is 3.00. The van der Waals surface area contributed by atoms with Crippen molar-refractivity contribution in [2.24, 2.45) is 0 Å². The number of carboxylic acids is 1. The van der Waals surface area contributed by atoms with Gasteiger partial charge in [0.2, 0.25) is 0 Å². The Hall–Kier alpha value is 1.04.